The number of piperidine rings is 1. The lowest BCUT2D eigenvalue weighted by Crippen LogP contribution is -2.47. The van der Waals surface area contributed by atoms with Crippen molar-refractivity contribution in [1.82, 2.24) is 14.8 Å². The lowest BCUT2D eigenvalue weighted by Gasteiger charge is -2.41. The van der Waals surface area contributed by atoms with E-state index in [1.165, 1.54) is 16.9 Å². The molecule has 190 valence electrons. The second-order valence-corrected chi connectivity index (χ2v) is 12.0. The van der Waals surface area contributed by atoms with Gasteiger partial charge in [0.15, 0.2) is 0 Å². The van der Waals surface area contributed by atoms with E-state index in [-0.39, 0.29) is 0 Å². The topological polar surface area (TPSA) is 80.5 Å². The summed E-state index contributed by atoms with van der Waals surface area (Å²) in [6.07, 6.45) is 6.93. The molecule has 0 radical (unpaired) electrons. The Bertz CT molecular complexity index is 1530. The molecule has 1 saturated heterocycles. The molecule has 7 nitrogen and oxygen atoms in total. The van der Waals surface area contributed by atoms with E-state index in [9.17, 15) is 9.90 Å². The molecule has 37 heavy (non-hydrogen) atoms. The second kappa shape index (κ2) is 8.70. The van der Waals surface area contributed by atoms with Crippen LogP contribution in [0.15, 0.2) is 42.0 Å². The molecule has 2 saturated carbocycles. The van der Waals surface area contributed by atoms with Gasteiger partial charge >= 0.3 is 5.97 Å². The zero-order valence-electron chi connectivity index (χ0n) is 19.9. The first-order valence-corrected chi connectivity index (χ1v) is 14.1. The number of carboxylic acid groups (broad SMARTS) is 1. The van der Waals surface area contributed by atoms with E-state index in [1.807, 2.05) is 35.1 Å². The highest BCUT2D eigenvalue weighted by Crippen LogP contribution is 2.51. The molecule has 10 heteroatoms. The molecule has 1 aliphatic heterocycles. The van der Waals surface area contributed by atoms with Crippen molar-refractivity contribution >= 4 is 56.4 Å². The third kappa shape index (κ3) is 3.84. The number of thiazole rings is 1. The minimum atomic E-state index is -0.939. The van der Waals surface area contributed by atoms with Crippen LogP contribution in [-0.4, -0.2) is 38.1 Å². The van der Waals surface area contributed by atoms with Crippen molar-refractivity contribution in [2.24, 2.45) is 5.92 Å². The van der Waals surface area contributed by atoms with Gasteiger partial charge in [0.2, 0.25) is 0 Å². The van der Waals surface area contributed by atoms with E-state index in [1.54, 1.807) is 11.6 Å². The number of anilines is 1. The Hall–Kier alpha value is -2.65. The lowest BCUT2D eigenvalue weighted by molar-refractivity contribution is -0.0471. The Balaban J connectivity index is 1.27. The van der Waals surface area contributed by atoms with Gasteiger partial charge in [-0.3, -0.25) is 0 Å². The molecular weight excluding hydrogens is 531 g/mol. The monoisotopic (exact) mass is 554 g/mol. The number of benzene rings is 2. The number of fused-ring (bicyclic) bond motifs is 3. The van der Waals surface area contributed by atoms with Crippen LogP contribution in [0.25, 0.3) is 15.9 Å². The number of carbonyl (C=O) groups is 1. The number of halogens is 2. The smallest absolute Gasteiger partial charge is 0.337 e. The number of nitrogens with zero attached hydrogens (tertiary/aromatic N) is 4. The van der Waals surface area contributed by atoms with Crippen molar-refractivity contribution in [3.05, 3.63) is 68.9 Å². The summed E-state index contributed by atoms with van der Waals surface area (Å²) in [5.41, 5.74) is 5.73. The van der Waals surface area contributed by atoms with Crippen molar-refractivity contribution in [2.45, 2.75) is 50.4 Å². The summed E-state index contributed by atoms with van der Waals surface area (Å²) in [6, 6.07) is 9.09. The molecule has 3 fully saturated rings. The summed E-state index contributed by atoms with van der Waals surface area (Å²) < 4.78 is 9.54. The Morgan fingerprint density at radius 1 is 1.22 bits per heavy atom. The molecule has 0 spiro atoms. The minimum absolute atomic E-state index is 0.291. The van der Waals surface area contributed by atoms with Crippen LogP contribution in [0, 0.1) is 5.92 Å². The first kappa shape index (κ1) is 23.5. The van der Waals surface area contributed by atoms with E-state index in [0.717, 1.165) is 54.6 Å². The molecular formula is C27H24Cl2N4O3S. The maximum Gasteiger partial charge on any atom is 0.337 e. The quantitative estimate of drug-likeness (QED) is 0.267. The number of carboxylic acids is 1. The molecule has 4 aromatic rings. The van der Waals surface area contributed by atoms with E-state index >= 15 is 0 Å². The molecule has 0 unspecified atom stereocenters. The van der Waals surface area contributed by atoms with Crippen LogP contribution in [0.2, 0.25) is 10.0 Å². The maximum absolute atomic E-state index is 12.3. The molecule has 2 aliphatic carbocycles. The number of ether oxygens (including phenoxy) is 1. The zero-order valence-corrected chi connectivity index (χ0v) is 22.2. The SMILES string of the molecule is O=C(O)c1cc2scnc2cc1N1C[C@H]2CC[C@]1(OCc1c(C3CC3)cnn1-c1c(Cl)cccc1Cl)C2. The van der Waals surface area contributed by atoms with E-state index in [2.05, 4.69) is 15.0 Å². The van der Waals surface area contributed by atoms with Crippen LogP contribution in [0.4, 0.5) is 5.69 Å². The van der Waals surface area contributed by atoms with Crippen LogP contribution >= 0.6 is 34.5 Å². The summed E-state index contributed by atoms with van der Waals surface area (Å²) in [7, 11) is 0. The van der Waals surface area contributed by atoms with E-state index in [4.69, 9.17) is 27.9 Å². The highest BCUT2D eigenvalue weighted by Gasteiger charge is 2.53. The molecule has 3 aliphatic rings. The van der Waals surface area contributed by atoms with Gasteiger partial charge in [-0.2, -0.15) is 5.10 Å². The highest BCUT2D eigenvalue weighted by molar-refractivity contribution is 7.16. The number of rotatable bonds is 7. The Kier molecular flexibility index (Phi) is 5.52. The lowest BCUT2D eigenvalue weighted by atomic mass is 10.0. The Morgan fingerprint density at radius 2 is 2.03 bits per heavy atom. The van der Waals surface area contributed by atoms with Gasteiger partial charge in [0.1, 0.15) is 11.4 Å². The third-order valence-electron chi connectivity index (χ3n) is 8.00. The van der Waals surface area contributed by atoms with Gasteiger partial charge in [-0.1, -0.05) is 29.3 Å². The number of aromatic carboxylic acids is 1. The zero-order chi connectivity index (χ0) is 25.3. The van der Waals surface area contributed by atoms with E-state index < -0.39 is 11.7 Å². The molecule has 2 bridgehead atoms. The van der Waals surface area contributed by atoms with Gasteiger partial charge in [0.05, 0.1) is 55.5 Å². The second-order valence-electron chi connectivity index (χ2n) is 10.3. The molecule has 3 heterocycles. The van der Waals surface area contributed by atoms with Crippen LogP contribution in [0.5, 0.6) is 0 Å². The summed E-state index contributed by atoms with van der Waals surface area (Å²) >= 11 is 14.6. The average Bonchev–Trinajstić information content (AvgIpc) is 3.22. The maximum atomic E-state index is 12.3. The molecule has 1 N–H and O–H groups in total. The molecule has 2 aromatic heterocycles. The van der Waals surface area contributed by atoms with Crippen molar-refractivity contribution in [3.63, 3.8) is 0 Å². The fourth-order valence-electron chi connectivity index (χ4n) is 6.08. The Morgan fingerprint density at radius 3 is 2.76 bits per heavy atom. The van der Waals surface area contributed by atoms with Gasteiger partial charge < -0.3 is 14.7 Å². The fraction of sp³-hybridized carbons (Fsp3) is 0.370. The number of hydrogen-bond donors (Lipinski definition) is 1. The van der Waals surface area contributed by atoms with Gasteiger partial charge in [-0.25, -0.2) is 14.5 Å². The van der Waals surface area contributed by atoms with E-state index in [0.29, 0.717) is 45.4 Å². The minimum Gasteiger partial charge on any atom is -0.478 e. The van der Waals surface area contributed by atoms with Gasteiger partial charge in [0, 0.05) is 6.54 Å². The van der Waals surface area contributed by atoms with Crippen LogP contribution in [-0.2, 0) is 11.3 Å². The van der Waals surface area contributed by atoms with Crippen LogP contribution in [0.3, 0.4) is 0 Å². The number of hydrogen-bond acceptors (Lipinski definition) is 6. The first-order chi connectivity index (χ1) is 17.9. The number of aromatic nitrogens is 3. The van der Waals surface area contributed by atoms with Crippen molar-refractivity contribution in [3.8, 4) is 5.69 Å². The first-order valence-electron chi connectivity index (χ1n) is 12.5. The third-order valence-corrected chi connectivity index (χ3v) is 9.40. The molecule has 2 aromatic carbocycles. The van der Waals surface area contributed by atoms with Crippen LogP contribution in [0.1, 0.15) is 59.6 Å². The fourth-order valence-corrected chi connectivity index (χ4v) is 7.33. The molecule has 7 rings (SSSR count). The normalized spacial score (nSPS) is 22.9. The average molecular weight is 555 g/mol. The summed E-state index contributed by atoms with van der Waals surface area (Å²) in [5.74, 6) is -0.0166. The number of para-hydroxylation sites is 1. The van der Waals surface area contributed by atoms with Crippen molar-refractivity contribution in [1.29, 1.82) is 0 Å². The van der Waals surface area contributed by atoms with Crippen molar-refractivity contribution in [2.75, 3.05) is 11.4 Å². The van der Waals surface area contributed by atoms with Crippen molar-refractivity contribution < 1.29 is 14.6 Å². The van der Waals surface area contributed by atoms with Gasteiger partial charge in [-0.15, -0.1) is 11.3 Å². The molecule has 2 atom stereocenters. The predicted octanol–water partition coefficient (Wildman–Crippen LogP) is 6.90. The summed E-state index contributed by atoms with van der Waals surface area (Å²) in [4.78, 5) is 18.9. The highest BCUT2D eigenvalue weighted by atomic mass is 35.5. The van der Waals surface area contributed by atoms with Gasteiger partial charge in [-0.05, 0) is 73.8 Å². The largest absolute Gasteiger partial charge is 0.478 e. The summed E-state index contributed by atoms with van der Waals surface area (Å²) in [6.45, 7) is 1.10. The van der Waals surface area contributed by atoms with Crippen LogP contribution < -0.4 is 4.90 Å². The predicted molar refractivity (Wildman–Crippen MR) is 144 cm³/mol. The standard InChI is InChI=1S/C27H24Cl2N4O3S/c28-19-2-1-3-20(29)25(19)33-23(18(11-31-33)16-4-5-16)13-36-27-7-6-15(10-27)12-32(27)22-9-21-24(37-14-30-21)8-17(22)26(34)35/h1-3,8-9,11,14-16H,4-7,10,12-13H2,(H,34,35)/t15-,27-/m0/s1. The Labute approximate surface area is 227 Å². The molecule has 0 amide bonds. The van der Waals surface area contributed by atoms with Gasteiger partial charge in [0.25, 0.3) is 0 Å². The summed E-state index contributed by atoms with van der Waals surface area (Å²) in [5, 5.41) is 15.8.